The highest BCUT2D eigenvalue weighted by Gasteiger charge is 2.37. The second-order valence-corrected chi connectivity index (χ2v) is 6.35. The zero-order valence-corrected chi connectivity index (χ0v) is 14.1. The lowest BCUT2D eigenvalue weighted by Crippen LogP contribution is -2.51. The molecule has 2 atom stereocenters. The third-order valence-corrected chi connectivity index (χ3v) is 4.01. The molecule has 1 aliphatic heterocycles. The molecule has 1 fully saturated rings. The van der Waals surface area contributed by atoms with Crippen molar-refractivity contribution in [2.75, 3.05) is 27.2 Å². The van der Waals surface area contributed by atoms with Gasteiger partial charge in [-0.1, -0.05) is 11.6 Å². The lowest BCUT2D eigenvalue weighted by atomic mass is 10.2. The summed E-state index contributed by atoms with van der Waals surface area (Å²) in [4.78, 5) is 27.7. The average molecular weight is 340 g/mol. The van der Waals surface area contributed by atoms with E-state index >= 15 is 0 Å². The summed E-state index contributed by atoms with van der Waals surface area (Å²) in [5.41, 5.74) is 5.40. The summed E-state index contributed by atoms with van der Waals surface area (Å²) in [7, 11) is 3.72. The van der Waals surface area contributed by atoms with Gasteiger partial charge in [-0.15, -0.1) is 0 Å². The average Bonchev–Trinajstić information content (AvgIpc) is 2.97. The number of nitrogens with zero attached hydrogens (tertiary/aromatic N) is 2. The zero-order chi connectivity index (χ0) is 17.0. The topological polar surface area (TPSA) is 75.9 Å². The quantitative estimate of drug-likeness (QED) is 0.842. The Morgan fingerprint density at radius 2 is 2.04 bits per heavy atom. The van der Waals surface area contributed by atoms with E-state index < -0.39 is 18.1 Å². The molecule has 7 heteroatoms. The van der Waals surface area contributed by atoms with E-state index in [0.29, 0.717) is 30.3 Å². The Bertz CT molecular complexity index is 562. The minimum Gasteiger partial charge on any atom is -0.479 e. The predicted molar refractivity (Wildman–Crippen MR) is 88.4 cm³/mol. The number of hydrogen-bond donors (Lipinski definition) is 1. The normalized spacial score (nSPS) is 19.0. The molecule has 0 radical (unpaired) electrons. The van der Waals surface area contributed by atoms with Crippen molar-refractivity contribution < 1.29 is 14.3 Å². The van der Waals surface area contributed by atoms with E-state index in [2.05, 4.69) is 0 Å². The SMILES string of the molecule is CN(C)CC(Oc1ccc(Cl)cc1)C(=O)N1CCCC1C(N)=O. The minimum absolute atomic E-state index is 0.213. The molecule has 0 saturated carbocycles. The molecule has 1 aliphatic rings. The maximum atomic E-state index is 12.8. The van der Waals surface area contributed by atoms with Crippen molar-refractivity contribution in [3.05, 3.63) is 29.3 Å². The number of rotatable bonds is 6. The number of nitrogens with two attached hydrogens (primary N) is 1. The first kappa shape index (κ1) is 17.6. The van der Waals surface area contributed by atoms with Gasteiger partial charge in [0.15, 0.2) is 6.10 Å². The second kappa shape index (κ2) is 7.66. The zero-order valence-electron chi connectivity index (χ0n) is 13.4. The van der Waals surface area contributed by atoms with Gasteiger partial charge in [0, 0.05) is 18.1 Å². The van der Waals surface area contributed by atoms with E-state index in [1.165, 1.54) is 4.90 Å². The van der Waals surface area contributed by atoms with Gasteiger partial charge in [-0.2, -0.15) is 0 Å². The first-order valence-corrected chi connectivity index (χ1v) is 7.93. The fourth-order valence-corrected chi connectivity index (χ4v) is 2.81. The molecule has 0 aromatic heterocycles. The molecular weight excluding hydrogens is 318 g/mol. The van der Waals surface area contributed by atoms with Crippen molar-refractivity contribution in [1.82, 2.24) is 9.80 Å². The van der Waals surface area contributed by atoms with Crippen molar-refractivity contribution in [3.8, 4) is 5.75 Å². The summed E-state index contributed by atoms with van der Waals surface area (Å²) in [6, 6.07) is 6.30. The number of ether oxygens (including phenoxy) is 1. The van der Waals surface area contributed by atoms with Crippen LogP contribution >= 0.6 is 11.6 Å². The molecule has 1 aromatic rings. The van der Waals surface area contributed by atoms with Gasteiger partial charge >= 0.3 is 0 Å². The third-order valence-electron chi connectivity index (χ3n) is 3.76. The number of likely N-dealkylation sites (N-methyl/N-ethyl adjacent to an activating group) is 1. The van der Waals surface area contributed by atoms with Crippen LogP contribution in [-0.4, -0.2) is 60.9 Å². The summed E-state index contributed by atoms with van der Waals surface area (Å²) in [5, 5.41) is 0.598. The van der Waals surface area contributed by atoms with Crippen molar-refractivity contribution in [2.24, 2.45) is 5.73 Å². The predicted octanol–water partition coefficient (Wildman–Crippen LogP) is 1.13. The van der Waals surface area contributed by atoms with Crippen molar-refractivity contribution in [3.63, 3.8) is 0 Å². The van der Waals surface area contributed by atoms with Crippen LogP contribution in [0, 0.1) is 0 Å². The molecule has 2 amide bonds. The summed E-state index contributed by atoms with van der Waals surface area (Å²) >= 11 is 5.86. The van der Waals surface area contributed by atoms with E-state index in [1.807, 2.05) is 19.0 Å². The van der Waals surface area contributed by atoms with E-state index in [9.17, 15) is 9.59 Å². The van der Waals surface area contributed by atoms with Gasteiger partial charge in [-0.25, -0.2) is 0 Å². The Morgan fingerprint density at radius 1 is 1.39 bits per heavy atom. The monoisotopic (exact) mass is 339 g/mol. The highest BCUT2D eigenvalue weighted by atomic mass is 35.5. The van der Waals surface area contributed by atoms with Gasteiger partial charge in [-0.05, 0) is 51.2 Å². The smallest absolute Gasteiger partial charge is 0.265 e. The number of hydrogen-bond acceptors (Lipinski definition) is 4. The third kappa shape index (κ3) is 4.59. The maximum absolute atomic E-state index is 12.8. The van der Waals surface area contributed by atoms with Gasteiger partial charge in [0.05, 0.1) is 0 Å². The van der Waals surface area contributed by atoms with Crippen LogP contribution in [0.15, 0.2) is 24.3 Å². The van der Waals surface area contributed by atoms with Crippen LogP contribution in [0.25, 0.3) is 0 Å². The number of benzene rings is 1. The van der Waals surface area contributed by atoms with E-state index in [4.69, 9.17) is 22.1 Å². The van der Waals surface area contributed by atoms with Crippen LogP contribution < -0.4 is 10.5 Å². The molecule has 0 spiro atoms. The van der Waals surface area contributed by atoms with Crippen LogP contribution in [0.5, 0.6) is 5.75 Å². The fraction of sp³-hybridized carbons (Fsp3) is 0.500. The lowest BCUT2D eigenvalue weighted by Gasteiger charge is -2.29. The molecule has 6 nitrogen and oxygen atoms in total. The Balaban J connectivity index is 2.15. The van der Waals surface area contributed by atoms with Crippen LogP contribution in [0.1, 0.15) is 12.8 Å². The molecule has 0 aliphatic carbocycles. The molecule has 1 saturated heterocycles. The number of carbonyl (C=O) groups is 2. The Morgan fingerprint density at radius 3 is 2.61 bits per heavy atom. The summed E-state index contributed by atoms with van der Waals surface area (Å²) in [5.74, 6) is -0.120. The molecule has 1 heterocycles. The largest absolute Gasteiger partial charge is 0.479 e. The molecule has 2 rings (SSSR count). The number of amides is 2. The number of likely N-dealkylation sites (tertiary alicyclic amines) is 1. The molecule has 2 unspecified atom stereocenters. The van der Waals surface area contributed by atoms with Gasteiger partial charge in [-0.3, -0.25) is 9.59 Å². The first-order valence-electron chi connectivity index (χ1n) is 7.55. The van der Waals surface area contributed by atoms with Crippen LogP contribution in [-0.2, 0) is 9.59 Å². The number of carbonyl (C=O) groups excluding carboxylic acids is 2. The van der Waals surface area contributed by atoms with Gasteiger partial charge in [0.25, 0.3) is 5.91 Å². The maximum Gasteiger partial charge on any atom is 0.265 e. The molecule has 1 aromatic carbocycles. The fourth-order valence-electron chi connectivity index (χ4n) is 2.69. The molecule has 126 valence electrons. The molecular formula is C16H22ClN3O3. The van der Waals surface area contributed by atoms with Crippen molar-refractivity contribution in [1.29, 1.82) is 0 Å². The Kier molecular flexibility index (Phi) is 5.85. The minimum atomic E-state index is -0.703. The van der Waals surface area contributed by atoms with Gasteiger partial charge in [0.2, 0.25) is 5.91 Å². The van der Waals surface area contributed by atoms with Crippen LogP contribution in [0.2, 0.25) is 5.02 Å². The molecule has 2 N–H and O–H groups in total. The van der Waals surface area contributed by atoms with E-state index in [0.717, 1.165) is 6.42 Å². The van der Waals surface area contributed by atoms with Gasteiger partial charge in [0.1, 0.15) is 11.8 Å². The first-order chi connectivity index (χ1) is 10.9. The number of halogens is 1. The van der Waals surface area contributed by atoms with E-state index in [1.54, 1.807) is 24.3 Å². The summed E-state index contributed by atoms with van der Waals surface area (Å²) < 4.78 is 5.84. The Labute approximate surface area is 141 Å². The van der Waals surface area contributed by atoms with Crippen molar-refractivity contribution >= 4 is 23.4 Å². The standard InChI is InChI=1S/C16H22ClN3O3/c1-19(2)10-14(23-12-7-5-11(17)6-8-12)16(22)20-9-3-4-13(20)15(18)21/h5-8,13-14H,3-4,9-10H2,1-2H3,(H2,18,21). The van der Waals surface area contributed by atoms with Crippen molar-refractivity contribution in [2.45, 2.75) is 25.0 Å². The Hall–Kier alpha value is -1.79. The lowest BCUT2D eigenvalue weighted by molar-refractivity contribution is -0.143. The molecule has 0 bridgehead atoms. The summed E-state index contributed by atoms with van der Waals surface area (Å²) in [6.07, 6.45) is 0.678. The van der Waals surface area contributed by atoms with Crippen LogP contribution in [0.3, 0.4) is 0 Å². The number of primary amides is 1. The second-order valence-electron chi connectivity index (χ2n) is 5.91. The van der Waals surface area contributed by atoms with Crippen LogP contribution in [0.4, 0.5) is 0 Å². The summed E-state index contributed by atoms with van der Waals surface area (Å²) in [6.45, 7) is 0.934. The molecule has 23 heavy (non-hydrogen) atoms. The highest BCUT2D eigenvalue weighted by molar-refractivity contribution is 6.30. The van der Waals surface area contributed by atoms with Gasteiger partial charge < -0.3 is 20.3 Å². The van der Waals surface area contributed by atoms with E-state index in [-0.39, 0.29) is 5.91 Å². The highest BCUT2D eigenvalue weighted by Crippen LogP contribution is 2.21.